The summed E-state index contributed by atoms with van der Waals surface area (Å²) in [6, 6.07) is 10.5. The molecule has 0 saturated carbocycles. The van der Waals surface area contributed by atoms with Crippen LogP contribution in [0, 0.1) is 0 Å². The van der Waals surface area contributed by atoms with Crippen LogP contribution >= 0.6 is 23.2 Å². The third-order valence-electron chi connectivity index (χ3n) is 5.35. The smallest absolute Gasteiger partial charge is 0.244 e. The van der Waals surface area contributed by atoms with Crippen LogP contribution in [0.5, 0.6) is 5.75 Å². The quantitative estimate of drug-likeness (QED) is 0.434. The zero-order valence-electron chi connectivity index (χ0n) is 20.3. The lowest BCUT2D eigenvalue weighted by molar-refractivity contribution is -0.140. The Hall–Kier alpha value is -2.49. The van der Waals surface area contributed by atoms with Gasteiger partial charge in [0, 0.05) is 34.8 Å². The third-order valence-corrected chi connectivity index (χ3v) is 7.19. The van der Waals surface area contributed by atoms with E-state index in [1.807, 2.05) is 6.92 Å². The number of rotatable bonds is 12. The second-order valence-corrected chi connectivity index (χ2v) is 10.6. The van der Waals surface area contributed by atoms with Gasteiger partial charge >= 0.3 is 0 Å². The fourth-order valence-electron chi connectivity index (χ4n) is 3.52. The molecule has 0 fully saturated rings. The summed E-state index contributed by atoms with van der Waals surface area (Å²) in [7, 11) is -2.39. The van der Waals surface area contributed by atoms with Crippen LogP contribution in [0.15, 0.2) is 42.5 Å². The van der Waals surface area contributed by atoms with Gasteiger partial charge in [0.2, 0.25) is 21.8 Å². The number of sulfonamides is 1. The first-order valence-corrected chi connectivity index (χ1v) is 13.8. The van der Waals surface area contributed by atoms with E-state index in [0.717, 1.165) is 17.0 Å². The average molecular weight is 545 g/mol. The molecule has 8 nitrogen and oxygen atoms in total. The number of nitrogens with zero attached hydrogens (tertiary/aromatic N) is 2. The normalized spacial score (nSPS) is 12.1. The molecule has 0 radical (unpaired) electrons. The van der Waals surface area contributed by atoms with Crippen molar-refractivity contribution in [3.8, 4) is 5.75 Å². The number of halogens is 2. The van der Waals surface area contributed by atoms with E-state index < -0.39 is 28.5 Å². The highest BCUT2D eigenvalue weighted by atomic mass is 35.5. The molecule has 1 unspecified atom stereocenters. The van der Waals surface area contributed by atoms with Crippen LogP contribution in [0.2, 0.25) is 10.0 Å². The third kappa shape index (κ3) is 7.75. The van der Waals surface area contributed by atoms with Gasteiger partial charge in [-0.15, -0.1) is 0 Å². The van der Waals surface area contributed by atoms with Crippen molar-refractivity contribution < 1.29 is 22.7 Å². The zero-order valence-corrected chi connectivity index (χ0v) is 22.6. The second kappa shape index (κ2) is 13.0. The molecule has 0 aliphatic carbocycles. The molecule has 2 amide bonds. The summed E-state index contributed by atoms with van der Waals surface area (Å²) in [4.78, 5) is 27.9. The second-order valence-electron chi connectivity index (χ2n) is 7.91. The SMILES string of the molecule is CCCNC(=O)C(CC)N(Cc1c(Cl)cccc1Cl)C(=O)CN(c1cccc(OC)c1)S(C)(=O)=O. The molecular formula is C24H31Cl2N3O5S. The molecule has 0 spiro atoms. The summed E-state index contributed by atoms with van der Waals surface area (Å²) in [6.07, 6.45) is 2.05. The number of hydrogen-bond donors (Lipinski definition) is 1. The van der Waals surface area contributed by atoms with Gasteiger partial charge in [-0.3, -0.25) is 13.9 Å². The lowest BCUT2D eigenvalue weighted by Gasteiger charge is -2.33. The number of ether oxygens (including phenoxy) is 1. The molecule has 35 heavy (non-hydrogen) atoms. The Morgan fingerprint density at radius 1 is 1.09 bits per heavy atom. The van der Waals surface area contributed by atoms with Crippen molar-refractivity contribution in [1.82, 2.24) is 10.2 Å². The van der Waals surface area contributed by atoms with E-state index in [1.165, 1.54) is 18.1 Å². The predicted molar refractivity (Wildman–Crippen MR) is 140 cm³/mol. The number of methoxy groups -OCH3 is 1. The van der Waals surface area contributed by atoms with E-state index in [4.69, 9.17) is 27.9 Å². The van der Waals surface area contributed by atoms with Crippen molar-refractivity contribution in [1.29, 1.82) is 0 Å². The molecular weight excluding hydrogens is 513 g/mol. The van der Waals surface area contributed by atoms with E-state index in [-0.39, 0.29) is 18.1 Å². The summed E-state index contributed by atoms with van der Waals surface area (Å²) in [6.45, 7) is 3.56. The van der Waals surface area contributed by atoms with Gasteiger partial charge in [0.1, 0.15) is 18.3 Å². The van der Waals surface area contributed by atoms with Crippen LogP contribution in [-0.4, -0.2) is 57.6 Å². The van der Waals surface area contributed by atoms with Gasteiger partial charge in [-0.05, 0) is 37.1 Å². The van der Waals surface area contributed by atoms with Crippen LogP contribution in [-0.2, 0) is 26.2 Å². The predicted octanol–water partition coefficient (Wildman–Crippen LogP) is 4.10. The number of nitrogens with one attached hydrogen (secondary N) is 1. The van der Waals surface area contributed by atoms with Gasteiger partial charge in [-0.25, -0.2) is 8.42 Å². The Bertz CT molecular complexity index is 1120. The van der Waals surface area contributed by atoms with Crippen molar-refractivity contribution in [2.24, 2.45) is 0 Å². The number of carbonyl (C=O) groups excluding carboxylic acids is 2. The maximum atomic E-state index is 13.7. The molecule has 11 heteroatoms. The standard InChI is InChI=1S/C24H31Cl2N3O5S/c1-5-13-27-24(31)22(6-2)28(15-19-20(25)11-8-12-21(19)26)23(30)16-29(35(4,32)33)17-9-7-10-18(14-17)34-3/h7-12,14,22H,5-6,13,15-16H2,1-4H3,(H,27,31). The summed E-state index contributed by atoms with van der Waals surface area (Å²) in [5.41, 5.74) is 0.734. The van der Waals surface area contributed by atoms with E-state index in [2.05, 4.69) is 5.32 Å². The van der Waals surface area contributed by atoms with Crippen molar-refractivity contribution in [3.63, 3.8) is 0 Å². The van der Waals surface area contributed by atoms with E-state index in [1.54, 1.807) is 43.3 Å². The van der Waals surface area contributed by atoms with E-state index >= 15 is 0 Å². The van der Waals surface area contributed by atoms with Crippen LogP contribution < -0.4 is 14.4 Å². The maximum absolute atomic E-state index is 13.7. The summed E-state index contributed by atoms with van der Waals surface area (Å²) in [5, 5.41) is 3.50. The van der Waals surface area contributed by atoms with Gasteiger partial charge in [-0.2, -0.15) is 0 Å². The fraction of sp³-hybridized carbons (Fsp3) is 0.417. The van der Waals surface area contributed by atoms with E-state index in [0.29, 0.717) is 34.3 Å². The number of benzene rings is 2. The minimum absolute atomic E-state index is 0.0644. The first-order valence-electron chi connectivity index (χ1n) is 11.1. The molecule has 1 N–H and O–H groups in total. The maximum Gasteiger partial charge on any atom is 0.244 e. The van der Waals surface area contributed by atoms with Gasteiger partial charge < -0.3 is 15.0 Å². The molecule has 192 valence electrons. The van der Waals surface area contributed by atoms with E-state index in [9.17, 15) is 18.0 Å². The fourth-order valence-corrected chi connectivity index (χ4v) is 4.88. The summed E-state index contributed by atoms with van der Waals surface area (Å²) in [5.74, 6) is -0.473. The van der Waals surface area contributed by atoms with Gasteiger partial charge in [0.25, 0.3) is 0 Å². The van der Waals surface area contributed by atoms with Crippen molar-refractivity contribution in [2.45, 2.75) is 39.3 Å². The Labute approximate surface area is 217 Å². The molecule has 0 bridgehead atoms. The number of carbonyl (C=O) groups is 2. The van der Waals surface area contributed by atoms with Gasteiger partial charge in [0.15, 0.2) is 0 Å². The highest BCUT2D eigenvalue weighted by Gasteiger charge is 2.32. The summed E-state index contributed by atoms with van der Waals surface area (Å²) < 4.78 is 31.5. The Kier molecular flexibility index (Phi) is 10.7. The topological polar surface area (TPSA) is 96.0 Å². The molecule has 2 rings (SSSR count). The minimum Gasteiger partial charge on any atom is -0.497 e. The highest BCUT2D eigenvalue weighted by Crippen LogP contribution is 2.28. The minimum atomic E-state index is -3.85. The highest BCUT2D eigenvalue weighted by molar-refractivity contribution is 7.92. The van der Waals surface area contributed by atoms with Crippen molar-refractivity contribution in [3.05, 3.63) is 58.1 Å². The molecule has 0 aliphatic rings. The van der Waals surface area contributed by atoms with Crippen LogP contribution in [0.3, 0.4) is 0 Å². The summed E-state index contributed by atoms with van der Waals surface area (Å²) >= 11 is 12.7. The lowest BCUT2D eigenvalue weighted by Crippen LogP contribution is -2.52. The number of hydrogen-bond acceptors (Lipinski definition) is 5. The average Bonchev–Trinajstić information content (AvgIpc) is 2.81. The Balaban J connectivity index is 2.49. The molecule has 0 aromatic heterocycles. The van der Waals surface area contributed by atoms with Gasteiger partial charge in [0.05, 0.1) is 19.1 Å². The first-order chi connectivity index (χ1) is 16.5. The molecule has 0 aliphatic heterocycles. The Morgan fingerprint density at radius 3 is 2.26 bits per heavy atom. The molecule has 0 saturated heterocycles. The largest absolute Gasteiger partial charge is 0.497 e. The molecule has 1 atom stereocenters. The van der Waals surface area contributed by atoms with Crippen molar-refractivity contribution in [2.75, 3.05) is 30.8 Å². The van der Waals surface area contributed by atoms with Crippen molar-refractivity contribution >= 4 is 50.7 Å². The lowest BCUT2D eigenvalue weighted by atomic mass is 10.1. The van der Waals surface area contributed by atoms with Crippen LogP contribution in [0.1, 0.15) is 32.3 Å². The first kappa shape index (κ1) is 28.7. The zero-order chi connectivity index (χ0) is 26.2. The Morgan fingerprint density at radius 2 is 1.71 bits per heavy atom. The van der Waals surface area contributed by atoms with Gasteiger partial charge in [-0.1, -0.05) is 49.2 Å². The monoisotopic (exact) mass is 543 g/mol. The molecule has 2 aromatic carbocycles. The number of anilines is 1. The van der Waals surface area contributed by atoms with Crippen LogP contribution in [0.4, 0.5) is 5.69 Å². The molecule has 2 aromatic rings. The number of amides is 2. The van der Waals surface area contributed by atoms with Crippen LogP contribution in [0.25, 0.3) is 0 Å². The molecule has 0 heterocycles.